The number of anilines is 1. The lowest BCUT2D eigenvalue weighted by molar-refractivity contribution is 0.776. The van der Waals surface area contributed by atoms with Gasteiger partial charge in [0.25, 0.3) is 0 Å². The van der Waals surface area contributed by atoms with Crippen molar-refractivity contribution in [2.45, 2.75) is 4.90 Å². The SMILES string of the molecule is Cn1nccc1-c1cc(Cl)ccc1-c1cccc2cc(SNc3ncns3)ccc12. The van der Waals surface area contributed by atoms with E-state index >= 15 is 0 Å². The minimum Gasteiger partial charge on any atom is -0.300 e. The first-order chi connectivity index (χ1) is 14.7. The predicted octanol–water partition coefficient (Wildman–Crippen LogP) is 6.53. The molecular weight excluding hydrogens is 434 g/mol. The van der Waals surface area contributed by atoms with Crippen molar-refractivity contribution < 1.29 is 0 Å². The first kappa shape index (κ1) is 19.1. The molecule has 0 aliphatic heterocycles. The van der Waals surface area contributed by atoms with Gasteiger partial charge in [0.05, 0.1) is 5.69 Å². The number of nitrogens with zero attached hydrogens (tertiary/aromatic N) is 4. The van der Waals surface area contributed by atoms with Gasteiger partial charge >= 0.3 is 0 Å². The highest BCUT2D eigenvalue weighted by atomic mass is 35.5. The number of aryl methyl sites for hydroxylation is 1. The van der Waals surface area contributed by atoms with E-state index in [0.717, 1.165) is 32.4 Å². The monoisotopic (exact) mass is 449 g/mol. The summed E-state index contributed by atoms with van der Waals surface area (Å²) >= 11 is 9.21. The van der Waals surface area contributed by atoms with Gasteiger partial charge in [-0.05, 0) is 64.2 Å². The van der Waals surface area contributed by atoms with Gasteiger partial charge in [-0.25, -0.2) is 4.98 Å². The number of hydrogen-bond acceptors (Lipinski definition) is 6. The lowest BCUT2D eigenvalue weighted by Gasteiger charge is -2.14. The van der Waals surface area contributed by atoms with E-state index in [1.807, 2.05) is 29.9 Å². The minimum absolute atomic E-state index is 0.705. The van der Waals surface area contributed by atoms with E-state index in [2.05, 4.69) is 61.6 Å². The number of fused-ring (bicyclic) bond motifs is 1. The number of nitrogens with one attached hydrogen (secondary N) is 1. The number of benzene rings is 3. The van der Waals surface area contributed by atoms with Crippen molar-refractivity contribution in [1.29, 1.82) is 0 Å². The molecule has 1 N–H and O–H groups in total. The van der Waals surface area contributed by atoms with Crippen LogP contribution >= 0.6 is 35.1 Å². The molecule has 0 aliphatic carbocycles. The van der Waals surface area contributed by atoms with Crippen LogP contribution in [0.25, 0.3) is 33.2 Å². The molecule has 0 atom stereocenters. The first-order valence-corrected chi connectivity index (χ1v) is 11.2. The molecule has 0 saturated heterocycles. The highest BCUT2D eigenvalue weighted by Crippen LogP contribution is 2.38. The van der Waals surface area contributed by atoms with Crippen LogP contribution < -0.4 is 4.72 Å². The van der Waals surface area contributed by atoms with Crippen molar-refractivity contribution in [2.75, 3.05) is 4.72 Å². The molecule has 8 heteroatoms. The van der Waals surface area contributed by atoms with Gasteiger partial charge in [-0.15, -0.1) is 0 Å². The Morgan fingerprint density at radius 3 is 2.73 bits per heavy atom. The fourth-order valence-electron chi connectivity index (χ4n) is 3.48. The topological polar surface area (TPSA) is 55.6 Å². The standard InChI is InChI=1S/C22H16ClN5S2/c1-28-21(9-10-25-28)20-12-15(23)5-7-19(20)18-4-2-3-14-11-16(6-8-17(14)18)29-27-22-24-13-26-30-22/h2-13H,1H3,(H,24,26,27). The van der Waals surface area contributed by atoms with E-state index in [4.69, 9.17) is 11.6 Å². The van der Waals surface area contributed by atoms with Crippen LogP contribution in [-0.4, -0.2) is 19.1 Å². The van der Waals surface area contributed by atoms with E-state index in [-0.39, 0.29) is 0 Å². The van der Waals surface area contributed by atoms with Gasteiger partial charge in [0, 0.05) is 40.3 Å². The summed E-state index contributed by atoms with van der Waals surface area (Å²) in [6.07, 6.45) is 3.35. The lowest BCUT2D eigenvalue weighted by atomic mass is 9.93. The number of hydrogen-bond donors (Lipinski definition) is 1. The van der Waals surface area contributed by atoms with E-state index in [9.17, 15) is 0 Å². The van der Waals surface area contributed by atoms with Crippen LogP contribution in [0.15, 0.2) is 78.1 Å². The van der Waals surface area contributed by atoms with Gasteiger partial charge in [-0.2, -0.15) is 9.47 Å². The van der Waals surface area contributed by atoms with Gasteiger partial charge in [-0.3, -0.25) is 4.68 Å². The molecule has 5 rings (SSSR count). The fraction of sp³-hybridized carbons (Fsp3) is 0.0455. The molecule has 148 valence electrons. The second-order valence-corrected chi connectivity index (χ2v) is 8.77. The quantitative estimate of drug-likeness (QED) is 0.309. The van der Waals surface area contributed by atoms with Crippen LogP contribution in [0.5, 0.6) is 0 Å². The normalized spacial score (nSPS) is 11.1. The maximum absolute atomic E-state index is 6.34. The van der Waals surface area contributed by atoms with Crippen molar-refractivity contribution in [3.8, 4) is 22.4 Å². The molecule has 30 heavy (non-hydrogen) atoms. The summed E-state index contributed by atoms with van der Waals surface area (Å²) in [7, 11) is 1.94. The van der Waals surface area contributed by atoms with Crippen LogP contribution in [0.4, 0.5) is 5.13 Å². The molecule has 0 amide bonds. The summed E-state index contributed by atoms with van der Waals surface area (Å²) in [4.78, 5) is 5.26. The molecule has 0 fully saturated rings. The zero-order valence-corrected chi connectivity index (χ0v) is 18.3. The van der Waals surface area contributed by atoms with Gasteiger partial charge in [-0.1, -0.05) is 41.9 Å². The van der Waals surface area contributed by atoms with Gasteiger partial charge < -0.3 is 4.72 Å². The number of rotatable bonds is 5. The Balaban J connectivity index is 1.58. The molecule has 0 bridgehead atoms. The van der Waals surface area contributed by atoms with Crippen molar-refractivity contribution in [2.24, 2.45) is 7.05 Å². The number of halogens is 1. The van der Waals surface area contributed by atoms with Crippen molar-refractivity contribution in [3.63, 3.8) is 0 Å². The molecule has 2 aromatic heterocycles. The highest BCUT2D eigenvalue weighted by molar-refractivity contribution is 8.00. The third-order valence-corrected chi connectivity index (χ3v) is 6.57. The molecule has 0 saturated carbocycles. The summed E-state index contributed by atoms with van der Waals surface area (Å²) < 4.78 is 9.11. The number of aromatic nitrogens is 4. The molecule has 5 aromatic rings. The van der Waals surface area contributed by atoms with Crippen LogP contribution in [0.2, 0.25) is 5.02 Å². The Labute approximate surface area is 187 Å². The Morgan fingerprint density at radius 1 is 1.00 bits per heavy atom. The van der Waals surface area contributed by atoms with Crippen LogP contribution in [0.3, 0.4) is 0 Å². The average Bonchev–Trinajstić information content (AvgIpc) is 3.43. The zero-order valence-electron chi connectivity index (χ0n) is 15.9. The third kappa shape index (κ3) is 3.67. The van der Waals surface area contributed by atoms with E-state index in [1.54, 1.807) is 12.5 Å². The molecular formula is C22H16ClN5S2. The minimum atomic E-state index is 0.705. The van der Waals surface area contributed by atoms with Crippen LogP contribution in [0, 0.1) is 0 Å². The zero-order chi connectivity index (χ0) is 20.5. The third-order valence-electron chi connectivity index (χ3n) is 4.84. The maximum Gasteiger partial charge on any atom is 0.212 e. The van der Waals surface area contributed by atoms with Gasteiger partial charge in [0.1, 0.15) is 6.33 Å². The van der Waals surface area contributed by atoms with E-state index in [1.165, 1.54) is 34.3 Å². The summed E-state index contributed by atoms with van der Waals surface area (Å²) in [6, 6.07) is 20.9. The average molecular weight is 450 g/mol. The second kappa shape index (κ2) is 8.10. The van der Waals surface area contributed by atoms with Gasteiger partial charge in [0.15, 0.2) is 0 Å². The Hall–Kier alpha value is -2.87. The molecule has 3 aromatic carbocycles. The lowest BCUT2D eigenvalue weighted by Crippen LogP contribution is -1.95. The molecule has 0 spiro atoms. The highest BCUT2D eigenvalue weighted by Gasteiger charge is 2.14. The Bertz CT molecular complexity index is 1330. The first-order valence-electron chi connectivity index (χ1n) is 9.20. The Kier molecular flexibility index (Phi) is 5.16. The van der Waals surface area contributed by atoms with Crippen molar-refractivity contribution in [3.05, 3.63) is 78.2 Å². The second-order valence-electron chi connectivity index (χ2n) is 6.67. The molecule has 2 heterocycles. The summed E-state index contributed by atoms with van der Waals surface area (Å²) in [5.41, 5.74) is 4.37. The molecule has 0 unspecified atom stereocenters. The predicted molar refractivity (Wildman–Crippen MR) is 126 cm³/mol. The maximum atomic E-state index is 6.34. The fourth-order valence-corrected chi connectivity index (χ4v) is 4.80. The van der Waals surface area contributed by atoms with Crippen LogP contribution in [-0.2, 0) is 7.05 Å². The molecule has 0 aliphatic rings. The largest absolute Gasteiger partial charge is 0.300 e. The van der Waals surface area contributed by atoms with Gasteiger partial charge in [0.2, 0.25) is 5.13 Å². The molecule has 0 radical (unpaired) electrons. The van der Waals surface area contributed by atoms with Crippen molar-refractivity contribution >= 4 is 51.0 Å². The molecule has 5 nitrogen and oxygen atoms in total. The summed E-state index contributed by atoms with van der Waals surface area (Å²) in [5, 5.41) is 8.17. The van der Waals surface area contributed by atoms with Crippen molar-refractivity contribution in [1.82, 2.24) is 19.1 Å². The van der Waals surface area contributed by atoms with Crippen LogP contribution in [0.1, 0.15) is 0 Å². The van der Waals surface area contributed by atoms with E-state index in [0.29, 0.717) is 5.02 Å². The Morgan fingerprint density at radius 2 is 1.93 bits per heavy atom. The summed E-state index contributed by atoms with van der Waals surface area (Å²) in [5.74, 6) is 0. The smallest absolute Gasteiger partial charge is 0.212 e. The summed E-state index contributed by atoms with van der Waals surface area (Å²) in [6.45, 7) is 0. The van der Waals surface area contributed by atoms with E-state index < -0.39 is 0 Å².